The first-order chi connectivity index (χ1) is 9.52. The lowest BCUT2D eigenvalue weighted by atomic mass is 10.2. The smallest absolute Gasteiger partial charge is 0.222 e. The zero-order valence-electron chi connectivity index (χ0n) is 13.1. The van der Waals surface area contributed by atoms with Crippen molar-refractivity contribution in [2.45, 2.75) is 34.1 Å². The molecule has 0 bridgehead atoms. The Hall–Kier alpha value is -1.14. The predicted molar refractivity (Wildman–Crippen MR) is 78.8 cm³/mol. The average Bonchev–Trinajstić information content (AvgIpc) is 2.38. The van der Waals surface area contributed by atoms with Crippen molar-refractivity contribution in [1.29, 1.82) is 0 Å². The monoisotopic (exact) mass is 288 g/mol. The molecule has 6 heteroatoms. The Morgan fingerprint density at radius 2 is 1.65 bits per heavy atom. The van der Waals surface area contributed by atoms with Gasteiger partial charge >= 0.3 is 0 Å². The van der Waals surface area contributed by atoms with Crippen LogP contribution in [0.2, 0.25) is 0 Å². The number of carbonyl (C=O) groups is 1. The zero-order chi connectivity index (χ0) is 15.2. The lowest BCUT2D eigenvalue weighted by Gasteiger charge is -2.08. The van der Waals surface area contributed by atoms with Crippen molar-refractivity contribution >= 4 is 11.6 Å². The molecule has 6 nitrogen and oxygen atoms in total. The Labute approximate surface area is 121 Å². The molecule has 0 aliphatic carbocycles. The van der Waals surface area contributed by atoms with Gasteiger partial charge in [-0.1, -0.05) is 19.0 Å². The molecule has 0 aromatic carbocycles. The van der Waals surface area contributed by atoms with Gasteiger partial charge < -0.3 is 19.6 Å². The van der Waals surface area contributed by atoms with Gasteiger partial charge in [0.1, 0.15) is 6.61 Å². The second-order valence-electron chi connectivity index (χ2n) is 5.04. The number of carbonyl (C=O) groups excluding carboxylic acids is 1. The Kier molecular flexibility index (Phi) is 12.1. The minimum Gasteiger partial charge on any atom is -0.393 e. The lowest BCUT2D eigenvalue weighted by molar-refractivity contribution is -0.122. The summed E-state index contributed by atoms with van der Waals surface area (Å²) in [5.74, 6) is 0.497. The molecule has 0 aliphatic rings. The topological polar surface area (TPSA) is 69.1 Å². The number of ether oxygens (including phenoxy) is 2. The summed E-state index contributed by atoms with van der Waals surface area (Å²) in [6.45, 7) is 10.9. The van der Waals surface area contributed by atoms with Gasteiger partial charge in [-0.25, -0.2) is 0 Å². The van der Waals surface area contributed by atoms with Crippen LogP contribution in [0.25, 0.3) is 0 Å². The van der Waals surface area contributed by atoms with Gasteiger partial charge in [-0.2, -0.15) is 0 Å². The second kappa shape index (κ2) is 12.9. The molecule has 0 unspecified atom stereocenters. The molecular weight excluding hydrogens is 260 g/mol. The second-order valence-corrected chi connectivity index (χ2v) is 5.04. The van der Waals surface area contributed by atoms with Crippen LogP contribution in [0.5, 0.6) is 0 Å². The molecule has 118 valence electrons. The standard InChI is InChI=1S/C14H28N2O4/c1-12(2)11-15-14(17)5-6-18-7-8-19-9-10-20-16-13(3)4/h12H,5-11H2,1-4H3,(H,15,17). The summed E-state index contributed by atoms with van der Waals surface area (Å²) in [4.78, 5) is 16.3. The molecule has 0 aromatic rings. The third kappa shape index (κ3) is 14.9. The maximum atomic E-state index is 11.4. The van der Waals surface area contributed by atoms with Crippen LogP contribution in [0.3, 0.4) is 0 Å². The van der Waals surface area contributed by atoms with E-state index >= 15 is 0 Å². The fourth-order valence-corrected chi connectivity index (χ4v) is 1.16. The number of hydrogen-bond acceptors (Lipinski definition) is 5. The summed E-state index contributed by atoms with van der Waals surface area (Å²) < 4.78 is 10.6. The van der Waals surface area contributed by atoms with Crippen LogP contribution >= 0.6 is 0 Å². The highest BCUT2D eigenvalue weighted by Crippen LogP contribution is 1.89. The van der Waals surface area contributed by atoms with Crippen LogP contribution in [0.4, 0.5) is 0 Å². The maximum absolute atomic E-state index is 11.4. The third-order valence-corrected chi connectivity index (χ3v) is 2.12. The van der Waals surface area contributed by atoms with E-state index in [4.69, 9.17) is 14.3 Å². The molecule has 0 fully saturated rings. The van der Waals surface area contributed by atoms with Crippen LogP contribution in [-0.2, 0) is 19.1 Å². The molecule has 0 aliphatic heterocycles. The normalized spacial score (nSPS) is 10.4. The molecule has 20 heavy (non-hydrogen) atoms. The van der Waals surface area contributed by atoms with Crippen molar-refractivity contribution < 1.29 is 19.1 Å². The first-order valence-electron chi connectivity index (χ1n) is 7.07. The lowest BCUT2D eigenvalue weighted by Crippen LogP contribution is -2.28. The summed E-state index contributed by atoms with van der Waals surface area (Å²) in [6, 6.07) is 0. The van der Waals surface area contributed by atoms with Gasteiger partial charge in [0.15, 0.2) is 0 Å². The molecule has 0 spiro atoms. The zero-order valence-corrected chi connectivity index (χ0v) is 13.1. The van der Waals surface area contributed by atoms with E-state index in [2.05, 4.69) is 24.3 Å². The molecule has 0 aromatic heterocycles. The van der Waals surface area contributed by atoms with Crippen molar-refractivity contribution in [3.05, 3.63) is 0 Å². The number of nitrogens with one attached hydrogen (secondary N) is 1. The Balaban J connectivity index is 3.20. The maximum Gasteiger partial charge on any atom is 0.222 e. The minimum atomic E-state index is 0.0285. The fraction of sp³-hybridized carbons (Fsp3) is 0.857. The Morgan fingerprint density at radius 3 is 2.25 bits per heavy atom. The van der Waals surface area contributed by atoms with Crippen LogP contribution < -0.4 is 5.32 Å². The van der Waals surface area contributed by atoms with Gasteiger partial charge in [0.25, 0.3) is 0 Å². The number of amides is 1. The van der Waals surface area contributed by atoms with Crippen LogP contribution in [-0.4, -0.2) is 51.2 Å². The van der Waals surface area contributed by atoms with Gasteiger partial charge in [0.2, 0.25) is 5.91 Å². The molecular formula is C14H28N2O4. The summed E-state index contributed by atoms with van der Waals surface area (Å²) in [6.07, 6.45) is 0.389. The van der Waals surface area contributed by atoms with Gasteiger partial charge in [0.05, 0.1) is 32.1 Å². The van der Waals surface area contributed by atoms with E-state index in [0.717, 1.165) is 5.71 Å². The van der Waals surface area contributed by atoms with Crippen LogP contribution in [0.15, 0.2) is 5.16 Å². The summed E-state index contributed by atoms with van der Waals surface area (Å²) in [7, 11) is 0. The van der Waals surface area contributed by atoms with Gasteiger partial charge in [-0.05, 0) is 19.8 Å². The van der Waals surface area contributed by atoms with E-state index < -0.39 is 0 Å². The first-order valence-corrected chi connectivity index (χ1v) is 7.07. The van der Waals surface area contributed by atoms with Gasteiger partial charge in [-0.15, -0.1) is 0 Å². The van der Waals surface area contributed by atoms with Crippen molar-refractivity contribution in [3.8, 4) is 0 Å². The van der Waals surface area contributed by atoms with Crippen molar-refractivity contribution in [2.24, 2.45) is 11.1 Å². The van der Waals surface area contributed by atoms with E-state index in [1.807, 2.05) is 13.8 Å². The van der Waals surface area contributed by atoms with Gasteiger partial charge in [-0.3, -0.25) is 4.79 Å². The Bertz CT molecular complexity index is 276. The molecule has 0 radical (unpaired) electrons. The van der Waals surface area contributed by atoms with E-state index in [1.165, 1.54) is 0 Å². The molecule has 0 atom stereocenters. The quantitative estimate of drug-likeness (QED) is 0.336. The molecule has 1 amide bonds. The number of hydrogen-bond donors (Lipinski definition) is 1. The summed E-state index contributed by atoms with van der Waals surface area (Å²) in [5.41, 5.74) is 0.879. The fourth-order valence-electron chi connectivity index (χ4n) is 1.16. The highest BCUT2D eigenvalue weighted by molar-refractivity contribution is 5.78. The number of nitrogens with zero attached hydrogens (tertiary/aromatic N) is 1. The molecule has 0 saturated heterocycles. The van der Waals surface area contributed by atoms with Crippen LogP contribution in [0.1, 0.15) is 34.1 Å². The summed E-state index contributed by atoms with van der Waals surface area (Å²) in [5, 5.41) is 6.62. The predicted octanol–water partition coefficient (Wildman–Crippen LogP) is 1.59. The highest BCUT2D eigenvalue weighted by Gasteiger charge is 2.01. The average molecular weight is 288 g/mol. The SMILES string of the molecule is CC(C)=NOCCOCCOCCC(=O)NCC(C)C. The van der Waals surface area contributed by atoms with Crippen LogP contribution in [0, 0.1) is 5.92 Å². The molecule has 0 saturated carbocycles. The Morgan fingerprint density at radius 1 is 1.05 bits per heavy atom. The van der Waals surface area contributed by atoms with Crippen molar-refractivity contribution in [2.75, 3.05) is 39.6 Å². The first kappa shape index (κ1) is 18.9. The minimum absolute atomic E-state index is 0.0285. The van der Waals surface area contributed by atoms with Crippen molar-refractivity contribution in [1.82, 2.24) is 5.32 Å². The van der Waals surface area contributed by atoms with Gasteiger partial charge in [0, 0.05) is 13.0 Å². The van der Waals surface area contributed by atoms with E-state index in [1.54, 1.807) is 0 Å². The third-order valence-electron chi connectivity index (χ3n) is 2.12. The van der Waals surface area contributed by atoms with E-state index in [0.29, 0.717) is 51.9 Å². The number of rotatable bonds is 12. The highest BCUT2D eigenvalue weighted by atomic mass is 16.6. The van der Waals surface area contributed by atoms with E-state index in [-0.39, 0.29) is 5.91 Å². The largest absolute Gasteiger partial charge is 0.393 e. The molecule has 0 heterocycles. The molecule has 0 rings (SSSR count). The van der Waals surface area contributed by atoms with E-state index in [9.17, 15) is 4.79 Å². The molecule has 1 N–H and O–H groups in total. The number of oxime groups is 1. The van der Waals surface area contributed by atoms with Crippen molar-refractivity contribution in [3.63, 3.8) is 0 Å². The summed E-state index contributed by atoms with van der Waals surface area (Å²) >= 11 is 0.